The number of fused-ring (bicyclic) bond motifs is 1. The summed E-state index contributed by atoms with van der Waals surface area (Å²) in [4.78, 5) is 0. The van der Waals surface area contributed by atoms with Crippen molar-refractivity contribution in [2.75, 3.05) is 0 Å². The highest BCUT2D eigenvalue weighted by molar-refractivity contribution is 7.07. The number of thiophene rings is 1. The topological polar surface area (TPSA) is 12.0 Å². The molecule has 21 heavy (non-hydrogen) atoms. The maximum atomic E-state index is 3.91. The van der Waals surface area contributed by atoms with Gasteiger partial charge in [0, 0.05) is 12.1 Å². The largest absolute Gasteiger partial charge is 0.307 e. The summed E-state index contributed by atoms with van der Waals surface area (Å²) in [6.45, 7) is 7.11. The highest BCUT2D eigenvalue weighted by Crippen LogP contribution is 2.43. The Kier molecular flexibility index (Phi) is 4.19. The van der Waals surface area contributed by atoms with Crippen LogP contribution in [0.2, 0.25) is 0 Å². The molecule has 1 aromatic heterocycles. The van der Waals surface area contributed by atoms with Gasteiger partial charge in [-0.2, -0.15) is 11.3 Å². The van der Waals surface area contributed by atoms with Gasteiger partial charge in [0.2, 0.25) is 0 Å². The molecule has 1 aliphatic carbocycles. The van der Waals surface area contributed by atoms with Crippen LogP contribution >= 0.6 is 11.3 Å². The SMILES string of the molecule is CC(Cc1ccsc1)NC1c2ccccc2CCC1(C)C. The van der Waals surface area contributed by atoms with Crippen molar-refractivity contribution in [2.45, 2.75) is 52.1 Å². The lowest BCUT2D eigenvalue weighted by atomic mass is 9.70. The van der Waals surface area contributed by atoms with E-state index in [1.54, 1.807) is 11.3 Å². The van der Waals surface area contributed by atoms with Crippen LogP contribution in [-0.4, -0.2) is 6.04 Å². The lowest BCUT2D eigenvalue weighted by Gasteiger charge is -2.42. The number of nitrogens with one attached hydrogen (secondary N) is 1. The molecular weight excluding hydrogens is 274 g/mol. The van der Waals surface area contributed by atoms with Crippen LogP contribution in [0.5, 0.6) is 0 Å². The predicted molar refractivity (Wildman–Crippen MR) is 91.9 cm³/mol. The van der Waals surface area contributed by atoms with Crippen molar-refractivity contribution < 1.29 is 0 Å². The Bertz CT molecular complexity index is 585. The van der Waals surface area contributed by atoms with Crippen molar-refractivity contribution in [3.8, 4) is 0 Å². The van der Waals surface area contributed by atoms with E-state index >= 15 is 0 Å². The van der Waals surface area contributed by atoms with Crippen LogP contribution in [-0.2, 0) is 12.8 Å². The Morgan fingerprint density at radius 1 is 1.29 bits per heavy atom. The van der Waals surface area contributed by atoms with Crippen LogP contribution in [0.1, 0.15) is 49.9 Å². The van der Waals surface area contributed by atoms with Gasteiger partial charge >= 0.3 is 0 Å². The number of hydrogen-bond acceptors (Lipinski definition) is 2. The van der Waals surface area contributed by atoms with Gasteiger partial charge in [0.25, 0.3) is 0 Å². The molecule has 0 saturated heterocycles. The Hall–Kier alpha value is -1.12. The standard InChI is InChI=1S/C19H25NS/c1-14(12-15-9-11-21-13-15)20-18-17-7-5-4-6-16(17)8-10-19(18,2)3/h4-7,9,11,13-14,18,20H,8,10,12H2,1-3H3. The molecule has 1 nitrogen and oxygen atoms in total. The fourth-order valence-electron chi connectivity index (χ4n) is 3.49. The third kappa shape index (κ3) is 3.22. The highest BCUT2D eigenvalue weighted by atomic mass is 32.1. The minimum Gasteiger partial charge on any atom is -0.307 e. The Morgan fingerprint density at radius 2 is 2.10 bits per heavy atom. The first kappa shape index (κ1) is 14.8. The Labute approximate surface area is 132 Å². The fraction of sp³-hybridized carbons (Fsp3) is 0.474. The molecule has 2 atom stereocenters. The van der Waals surface area contributed by atoms with Crippen LogP contribution < -0.4 is 5.32 Å². The van der Waals surface area contributed by atoms with E-state index in [0.717, 1.165) is 6.42 Å². The van der Waals surface area contributed by atoms with Crippen LogP contribution in [0.25, 0.3) is 0 Å². The number of rotatable bonds is 4. The summed E-state index contributed by atoms with van der Waals surface area (Å²) in [6.07, 6.45) is 3.57. The Balaban J connectivity index is 1.79. The zero-order valence-corrected chi connectivity index (χ0v) is 14.0. The fourth-order valence-corrected chi connectivity index (χ4v) is 4.17. The minimum absolute atomic E-state index is 0.317. The third-order valence-corrected chi connectivity index (χ3v) is 5.49. The van der Waals surface area contributed by atoms with Crippen LogP contribution in [0.3, 0.4) is 0 Å². The third-order valence-electron chi connectivity index (χ3n) is 4.76. The summed E-state index contributed by atoms with van der Waals surface area (Å²) in [5.74, 6) is 0. The van der Waals surface area contributed by atoms with Gasteiger partial charge in [0.1, 0.15) is 0 Å². The van der Waals surface area contributed by atoms with Gasteiger partial charge in [-0.25, -0.2) is 0 Å². The van der Waals surface area contributed by atoms with E-state index in [-0.39, 0.29) is 0 Å². The maximum Gasteiger partial charge on any atom is 0.0376 e. The zero-order chi connectivity index (χ0) is 14.9. The molecule has 112 valence electrons. The van der Waals surface area contributed by atoms with Gasteiger partial charge in [0.15, 0.2) is 0 Å². The number of aryl methyl sites for hydroxylation is 1. The second-order valence-electron chi connectivity index (χ2n) is 7.02. The van der Waals surface area contributed by atoms with Gasteiger partial charge < -0.3 is 5.32 Å². The average Bonchev–Trinajstić information content (AvgIpc) is 2.95. The van der Waals surface area contributed by atoms with E-state index in [2.05, 4.69) is 67.2 Å². The first-order valence-corrected chi connectivity index (χ1v) is 8.85. The molecule has 0 amide bonds. The summed E-state index contributed by atoms with van der Waals surface area (Å²) >= 11 is 1.79. The van der Waals surface area contributed by atoms with E-state index in [9.17, 15) is 0 Å². The molecule has 0 fully saturated rings. The lowest BCUT2D eigenvalue weighted by Crippen LogP contribution is -2.42. The lowest BCUT2D eigenvalue weighted by molar-refractivity contribution is 0.196. The van der Waals surface area contributed by atoms with Gasteiger partial charge in [-0.15, -0.1) is 0 Å². The summed E-state index contributed by atoms with van der Waals surface area (Å²) in [5.41, 5.74) is 4.79. The van der Waals surface area contributed by atoms with Crippen molar-refractivity contribution in [1.82, 2.24) is 5.32 Å². The monoisotopic (exact) mass is 299 g/mol. The molecule has 1 aliphatic rings. The quantitative estimate of drug-likeness (QED) is 0.839. The first-order valence-electron chi connectivity index (χ1n) is 7.91. The highest BCUT2D eigenvalue weighted by Gasteiger charge is 2.36. The van der Waals surface area contributed by atoms with E-state index in [0.29, 0.717) is 17.5 Å². The van der Waals surface area contributed by atoms with Crippen LogP contribution in [0.15, 0.2) is 41.1 Å². The predicted octanol–water partition coefficient (Wildman–Crippen LogP) is 4.98. The zero-order valence-electron chi connectivity index (χ0n) is 13.2. The van der Waals surface area contributed by atoms with Crippen molar-refractivity contribution >= 4 is 11.3 Å². The molecule has 0 bridgehead atoms. The molecule has 0 saturated carbocycles. The van der Waals surface area contributed by atoms with E-state index < -0.39 is 0 Å². The van der Waals surface area contributed by atoms with Crippen molar-refractivity contribution in [2.24, 2.45) is 5.41 Å². The summed E-state index contributed by atoms with van der Waals surface area (Å²) in [5, 5.41) is 8.34. The van der Waals surface area contributed by atoms with E-state index in [4.69, 9.17) is 0 Å². The molecule has 1 N–H and O–H groups in total. The molecule has 0 radical (unpaired) electrons. The van der Waals surface area contributed by atoms with Crippen LogP contribution in [0.4, 0.5) is 0 Å². The van der Waals surface area contributed by atoms with Crippen molar-refractivity contribution in [1.29, 1.82) is 0 Å². The molecule has 2 heteroatoms. The maximum absolute atomic E-state index is 3.91. The van der Waals surface area contributed by atoms with Gasteiger partial charge in [0.05, 0.1) is 0 Å². The normalized spacial score (nSPS) is 21.8. The summed E-state index contributed by atoms with van der Waals surface area (Å²) in [7, 11) is 0. The van der Waals surface area contributed by atoms with Gasteiger partial charge in [-0.05, 0) is 65.1 Å². The molecule has 1 heterocycles. The van der Waals surface area contributed by atoms with E-state index in [1.165, 1.54) is 29.5 Å². The molecule has 2 unspecified atom stereocenters. The molecule has 0 aliphatic heterocycles. The smallest absolute Gasteiger partial charge is 0.0376 e. The number of hydrogen-bond donors (Lipinski definition) is 1. The molecule has 0 spiro atoms. The van der Waals surface area contributed by atoms with Crippen molar-refractivity contribution in [3.63, 3.8) is 0 Å². The van der Waals surface area contributed by atoms with Crippen molar-refractivity contribution in [3.05, 3.63) is 57.8 Å². The second-order valence-corrected chi connectivity index (χ2v) is 7.80. The molecular formula is C19H25NS. The molecule has 1 aromatic carbocycles. The summed E-state index contributed by atoms with van der Waals surface area (Å²) in [6, 6.07) is 12.1. The number of benzene rings is 1. The first-order chi connectivity index (χ1) is 10.1. The second kappa shape index (κ2) is 5.94. The molecule has 3 rings (SSSR count). The van der Waals surface area contributed by atoms with Gasteiger partial charge in [-0.1, -0.05) is 38.1 Å². The van der Waals surface area contributed by atoms with Gasteiger partial charge in [-0.3, -0.25) is 0 Å². The minimum atomic E-state index is 0.317. The van der Waals surface area contributed by atoms with Crippen LogP contribution in [0, 0.1) is 5.41 Å². The molecule has 2 aromatic rings. The Morgan fingerprint density at radius 3 is 2.86 bits per heavy atom. The average molecular weight is 299 g/mol. The summed E-state index contributed by atoms with van der Waals surface area (Å²) < 4.78 is 0. The van der Waals surface area contributed by atoms with E-state index in [1.807, 2.05) is 0 Å².